The average Bonchev–Trinajstić information content (AvgIpc) is 2.76. The van der Waals surface area contributed by atoms with Crippen molar-refractivity contribution >= 4 is 17.7 Å². The summed E-state index contributed by atoms with van der Waals surface area (Å²) in [4.78, 5) is 24.6. The number of nitrogens with zero attached hydrogens (tertiary/aromatic N) is 3. The van der Waals surface area contributed by atoms with E-state index in [0.717, 1.165) is 10.6 Å². The SMILES string of the molecule is Cn1ncc2c1CC(C(=O)O)N2C(=O)OC(C)(C)C. The third kappa shape index (κ3) is 2.40. The van der Waals surface area contributed by atoms with Crippen molar-refractivity contribution in [3.63, 3.8) is 0 Å². The van der Waals surface area contributed by atoms with Crippen LogP contribution in [0.4, 0.5) is 10.5 Å². The molecule has 0 bridgehead atoms. The van der Waals surface area contributed by atoms with E-state index in [1.807, 2.05) is 0 Å². The van der Waals surface area contributed by atoms with Gasteiger partial charge in [0, 0.05) is 13.5 Å². The topological polar surface area (TPSA) is 84.7 Å². The van der Waals surface area contributed by atoms with E-state index in [2.05, 4.69) is 5.10 Å². The molecule has 1 N–H and O–H groups in total. The molecule has 1 unspecified atom stereocenters. The summed E-state index contributed by atoms with van der Waals surface area (Å²) in [7, 11) is 1.72. The highest BCUT2D eigenvalue weighted by molar-refractivity contribution is 5.98. The maximum absolute atomic E-state index is 12.2. The highest BCUT2D eigenvalue weighted by Gasteiger charge is 2.42. The highest BCUT2D eigenvalue weighted by atomic mass is 16.6. The van der Waals surface area contributed by atoms with Crippen molar-refractivity contribution in [2.75, 3.05) is 4.90 Å². The zero-order valence-corrected chi connectivity index (χ0v) is 11.4. The van der Waals surface area contributed by atoms with Crippen molar-refractivity contribution in [1.82, 2.24) is 9.78 Å². The van der Waals surface area contributed by atoms with Gasteiger partial charge < -0.3 is 9.84 Å². The summed E-state index contributed by atoms with van der Waals surface area (Å²) >= 11 is 0. The zero-order valence-electron chi connectivity index (χ0n) is 11.4. The maximum atomic E-state index is 12.2. The number of aromatic nitrogens is 2. The Morgan fingerprint density at radius 1 is 1.47 bits per heavy atom. The summed E-state index contributed by atoms with van der Waals surface area (Å²) in [5.41, 5.74) is 0.549. The number of carbonyl (C=O) groups is 2. The molecule has 1 aromatic rings. The standard InChI is InChI=1S/C12H17N3O4/c1-12(2,3)19-11(18)15-8(10(16)17)5-7-9(15)6-13-14(7)4/h6,8H,5H2,1-4H3,(H,16,17). The van der Waals surface area contributed by atoms with E-state index in [1.54, 1.807) is 32.5 Å². The van der Waals surface area contributed by atoms with Crippen LogP contribution in [-0.2, 0) is 23.0 Å². The van der Waals surface area contributed by atoms with E-state index in [-0.39, 0.29) is 6.42 Å². The Kier molecular flexibility index (Phi) is 3.00. The van der Waals surface area contributed by atoms with Crippen LogP contribution in [0.2, 0.25) is 0 Å². The number of carboxylic acid groups (broad SMARTS) is 1. The second kappa shape index (κ2) is 4.25. The van der Waals surface area contributed by atoms with E-state index < -0.39 is 23.7 Å². The van der Waals surface area contributed by atoms with Crippen LogP contribution in [-0.4, -0.2) is 38.6 Å². The summed E-state index contributed by atoms with van der Waals surface area (Å²) in [5.74, 6) is -1.05. The first-order valence-corrected chi connectivity index (χ1v) is 5.96. The van der Waals surface area contributed by atoms with Crippen molar-refractivity contribution in [2.45, 2.75) is 38.8 Å². The van der Waals surface area contributed by atoms with Gasteiger partial charge in [-0.25, -0.2) is 9.59 Å². The third-order valence-electron chi connectivity index (χ3n) is 2.87. The molecule has 104 valence electrons. The lowest BCUT2D eigenvalue weighted by molar-refractivity contribution is -0.138. The number of carbonyl (C=O) groups excluding carboxylic acids is 1. The van der Waals surface area contributed by atoms with Crippen molar-refractivity contribution in [1.29, 1.82) is 0 Å². The molecule has 1 aromatic heterocycles. The molecular formula is C12H17N3O4. The second-order valence-corrected chi connectivity index (χ2v) is 5.51. The molecular weight excluding hydrogens is 250 g/mol. The predicted molar refractivity (Wildman–Crippen MR) is 67.0 cm³/mol. The molecule has 1 aliphatic heterocycles. The molecule has 0 spiro atoms. The van der Waals surface area contributed by atoms with E-state index in [4.69, 9.17) is 4.74 Å². The summed E-state index contributed by atoms with van der Waals surface area (Å²) in [6.45, 7) is 5.21. The van der Waals surface area contributed by atoms with Crippen molar-refractivity contribution in [2.24, 2.45) is 7.05 Å². The van der Waals surface area contributed by atoms with Crippen LogP contribution < -0.4 is 4.90 Å². The molecule has 19 heavy (non-hydrogen) atoms. The Balaban J connectivity index is 2.34. The van der Waals surface area contributed by atoms with Gasteiger partial charge in [-0.2, -0.15) is 5.10 Å². The maximum Gasteiger partial charge on any atom is 0.415 e. The number of amides is 1. The van der Waals surface area contributed by atoms with Crippen LogP contribution in [0.15, 0.2) is 6.20 Å². The number of carboxylic acids is 1. The molecule has 2 heterocycles. The number of rotatable bonds is 1. The van der Waals surface area contributed by atoms with Gasteiger partial charge in [0.1, 0.15) is 11.6 Å². The lowest BCUT2D eigenvalue weighted by Gasteiger charge is -2.26. The number of aryl methyl sites for hydroxylation is 1. The fourth-order valence-corrected chi connectivity index (χ4v) is 2.07. The fourth-order valence-electron chi connectivity index (χ4n) is 2.07. The smallest absolute Gasteiger partial charge is 0.415 e. The lowest BCUT2D eigenvalue weighted by Crippen LogP contribution is -2.45. The zero-order chi connectivity index (χ0) is 14.4. The number of ether oxygens (including phenoxy) is 1. The number of hydrogen-bond donors (Lipinski definition) is 1. The fraction of sp³-hybridized carbons (Fsp3) is 0.583. The Morgan fingerprint density at radius 2 is 2.11 bits per heavy atom. The first kappa shape index (κ1) is 13.4. The van der Waals surface area contributed by atoms with Gasteiger partial charge in [0.25, 0.3) is 0 Å². The van der Waals surface area contributed by atoms with E-state index in [9.17, 15) is 14.7 Å². The molecule has 0 radical (unpaired) electrons. The minimum atomic E-state index is -1.05. The Morgan fingerprint density at radius 3 is 2.63 bits per heavy atom. The Bertz CT molecular complexity index is 530. The molecule has 2 rings (SSSR count). The first-order valence-electron chi connectivity index (χ1n) is 5.96. The highest BCUT2D eigenvalue weighted by Crippen LogP contribution is 2.33. The monoisotopic (exact) mass is 267 g/mol. The van der Waals surface area contributed by atoms with Crippen LogP contribution in [0.1, 0.15) is 26.5 Å². The van der Waals surface area contributed by atoms with E-state index in [0.29, 0.717) is 5.69 Å². The summed E-state index contributed by atoms with van der Waals surface area (Å²) in [6.07, 6.45) is 1.06. The number of hydrogen-bond acceptors (Lipinski definition) is 4. The largest absolute Gasteiger partial charge is 0.480 e. The minimum absolute atomic E-state index is 0.237. The van der Waals surface area contributed by atoms with Crippen LogP contribution in [0.3, 0.4) is 0 Å². The number of anilines is 1. The predicted octanol–water partition coefficient (Wildman–Crippen LogP) is 1.17. The second-order valence-electron chi connectivity index (χ2n) is 5.51. The van der Waals surface area contributed by atoms with Gasteiger partial charge in [0.2, 0.25) is 0 Å². The minimum Gasteiger partial charge on any atom is -0.480 e. The van der Waals surface area contributed by atoms with Crippen LogP contribution in [0.5, 0.6) is 0 Å². The molecule has 0 saturated heterocycles. The number of fused-ring (bicyclic) bond motifs is 1. The van der Waals surface area contributed by atoms with Crippen molar-refractivity contribution in [3.05, 3.63) is 11.9 Å². The molecule has 0 aromatic carbocycles. The van der Waals surface area contributed by atoms with Crippen molar-refractivity contribution < 1.29 is 19.4 Å². The van der Waals surface area contributed by atoms with Gasteiger partial charge in [-0.05, 0) is 20.8 Å². The van der Waals surface area contributed by atoms with Crippen LogP contribution >= 0.6 is 0 Å². The number of aliphatic carboxylic acids is 1. The van der Waals surface area contributed by atoms with Gasteiger partial charge in [-0.15, -0.1) is 0 Å². The normalized spacial score (nSPS) is 18.3. The van der Waals surface area contributed by atoms with Gasteiger partial charge in [0.05, 0.1) is 17.6 Å². The average molecular weight is 267 g/mol. The molecule has 7 nitrogen and oxygen atoms in total. The quantitative estimate of drug-likeness (QED) is 0.825. The molecule has 1 amide bonds. The van der Waals surface area contributed by atoms with Gasteiger partial charge >= 0.3 is 12.1 Å². The molecule has 7 heteroatoms. The third-order valence-corrected chi connectivity index (χ3v) is 2.87. The molecule has 1 atom stereocenters. The van der Waals surface area contributed by atoms with Crippen LogP contribution in [0, 0.1) is 0 Å². The Hall–Kier alpha value is -2.05. The van der Waals surface area contributed by atoms with E-state index >= 15 is 0 Å². The summed E-state index contributed by atoms with van der Waals surface area (Å²) < 4.78 is 6.83. The van der Waals surface area contributed by atoms with Gasteiger partial charge in [-0.1, -0.05) is 0 Å². The molecule has 1 aliphatic rings. The van der Waals surface area contributed by atoms with Gasteiger partial charge in [0.15, 0.2) is 0 Å². The lowest BCUT2D eigenvalue weighted by atomic mass is 10.2. The first-order chi connectivity index (χ1) is 8.70. The molecule has 0 fully saturated rings. The van der Waals surface area contributed by atoms with Gasteiger partial charge in [-0.3, -0.25) is 9.58 Å². The van der Waals surface area contributed by atoms with Crippen molar-refractivity contribution in [3.8, 4) is 0 Å². The molecule has 0 saturated carbocycles. The van der Waals surface area contributed by atoms with E-state index in [1.165, 1.54) is 6.20 Å². The Labute approximate surface area is 110 Å². The summed E-state index contributed by atoms with van der Waals surface area (Å²) in [5, 5.41) is 13.3. The molecule has 0 aliphatic carbocycles. The van der Waals surface area contributed by atoms with Crippen LogP contribution in [0.25, 0.3) is 0 Å². The summed E-state index contributed by atoms with van der Waals surface area (Å²) in [6, 6.07) is -0.936.